The number of aliphatic carboxylic acids is 1. The first-order valence-electron chi connectivity index (χ1n) is 4.63. The number of carbonyl (C=O) groups is 1. The molecule has 1 unspecified atom stereocenters. The lowest BCUT2D eigenvalue weighted by atomic mass is 10.0. The van der Waals surface area contributed by atoms with Gasteiger partial charge in [-0.1, -0.05) is 0 Å². The van der Waals surface area contributed by atoms with Crippen LogP contribution in [0.15, 0.2) is 6.33 Å². The number of fused-ring (bicyclic) bond motifs is 1. The summed E-state index contributed by atoms with van der Waals surface area (Å²) in [6.07, 6.45) is 2.74. The van der Waals surface area contributed by atoms with Gasteiger partial charge in [0.25, 0.3) is 0 Å². The molecule has 1 aliphatic rings. The first-order chi connectivity index (χ1) is 6.68. The molecule has 0 aliphatic carbocycles. The summed E-state index contributed by atoms with van der Waals surface area (Å²) < 4.78 is 1.90. The fourth-order valence-electron chi connectivity index (χ4n) is 1.93. The van der Waals surface area contributed by atoms with Crippen molar-refractivity contribution in [2.75, 3.05) is 6.54 Å². The van der Waals surface area contributed by atoms with Crippen LogP contribution in [0.2, 0.25) is 0 Å². The second-order valence-corrected chi connectivity index (χ2v) is 3.54. The van der Waals surface area contributed by atoms with E-state index < -0.39 is 5.97 Å². The number of nitrogens with zero attached hydrogens (tertiary/aromatic N) is 2. The van der Waals surface area contributed by atoms with Crippen LogP contribution in [0.25, 0.3) is 0 Å². The van der Waals surface area contributed by atoms with Crippen LogP contribution >= 0.6 is 0 Å². The Morgan fingerprint density at radius 3 is 3.36 bits per heavy atom. The molecule has 14 heavy (non-hydrogen) atoms. The Balaban J connectivity index is 2.29. The number of imidazole rings is 1. The molecule has 76 valence electrons. The lowest BCUT2D eigenvalue weighted by molar-refractivity contribution is -0.137. The van der Waals surface area contributed by atoms with Crippen LogP contribution in [-0.2, 0) is 18.3 Å². The molecule has 0 bridgehead atoms. The van der Waals surface area contributed by atoms with Crippen molar-refractivity contribution in [3.8, 4) is 0 Å². The lowest BCUT2D eigenvalue weighted by Gasteiger charge is -2.23. The van der Waals surface area contributed by atoms with E-state index in [1.165, 1.54) is 0 Å². The highest BCUT2D eigenvalue weighted by Crippen LogP contribution is 2.23. The highest BCUT2D eigenvalue weighted by molar-refractivity contribution is 5.68. The van der Waals surface area contributed by atoms with Crippen LogP contribution in [0.5, 0.6) is 0 Å². The van der Waals surface area contributed by atoms with E-state index in [-0.39, 0.29) is 12.5 Å². The standard InChI is InChI=1S/C9H13N3O2/c1-12-5-11-6-2-3-10-7(9(6)12)4-8(13)14/h5,7,10H,2-4H2,1H3,(H,13,14). The normalized spacial score (nSPS) is 20.5. The minimum absolute atomic E-state index is 0.0938. The quantitative estimate of drug-likeness (QED) is 0.701. The highest BCUT2D eigenvalue weighted by Gasteiger charge is 2.25. The van der Waals surface area contributed by atoms with Crippen LogP contribution < -0.4 is 5.32 Å². The number of aromatic nitrogens is 2. The molecule has 0 amide bonds. The van der Waals surface area contributed by atoms with Gasteiger partial charge in [-0.3, -0.25) is 4.79 Å². The van der Waals surface area contributed by atoms with Crippen LogP contribution in [0.1, 0.15) is 23.9 Å². The van der Waals surface area contributed by atoms with E-state index in [9.17, 15) is 4.79 Å². The summed E-state index contributed by atoms with van der Waals surface area (Å²) in [7, 11) is 1.90. The third kappa shape index (κ3) is 1.50. The fourth-order valence-corrected chi connectivity index (χ4v) is 1.93. The third-order valence-electron chi connectivity index (χ3n) is 2.52. The largest absolute Gasteiger partial charge is 0.481 e. The second-order valence-electron chi connectivity index (χ2n) is 3.54. The smallest absolute Gasteiger partial charge is 0.305 e. The molecule has 2 N–H and O–H groups in total. The van der Waals surface area contributed by atoms with Crippen molar-refractivity contribution in [3.63, 3.8) is 0 Å². The van der Waals surface area contributed by atoms with Gasteiger partial charge in [-0.2, -0.15) is 0 Å². The molecule has 2 rings (SSSR count). The monoisotopic (exact) mass is 195 g/mol. The summed E-state index contributed by atoms with van der Waals surface area (Å²) in [6.45, 7) is 0.808. The molecule has 1 aromatic heterocycles. The topological polar surface area (TPSA) is 67.2 Å². The minimum atomic E-state index is -0.781. The van der Waals surface area contributed by atoms with E-state index in [0.29, 0.717) is 0 Å². The number of carboxylic acid groups (broad SMARTS) is 1. The lowest BCUT2D eigenvalue weighted by Crippen LogP contribution is -2.32. The molecule has 0 fully saturated rings. The summed E-state index contributed by atoms with van der Waals surface area (Å²) in [6, 6.07) is -0.0938. The van der Waals surface area contributed by atoms with Crippen molar-refractivity contribution in [1.82, 2.24) is 14.9 Å². The summed E-state index contributed by atoms with van der Waals surface area (Å²) in [5.74, 6) is -0.781. The summed E-state index contributed by atoms with van der Waals surface area (Å²) >= 11 is 0. The Kier molecular flexibility index (Phi) is 2.25. The molecule has 5 nitrogen and oxygen atoms in total. The van der Waals surface area contributed by atoms with Gasteiger partial charge in [0.15, 0.2) is 0 Å². The molecule has 0 radical (unpaired) electrons. The van der Waals surface area contributed by atoms with E-state index in [4.69, 9.17) is 5.11 Å². The Morgan fingerprint density at radius 1 is 1.86 bits per heavy atom. The predicted octanol–water partition coefficient (Wildman–Crippen LogP) is 0.0816. The van der Waals surface area contributed by atoms with Crippen molar-refractivity contribution in [2.45, 2.75) is 18.9 Å². The van der Waals surface area contributed by atoms with Gasteiger partial charge in [0.2, 0.25) is 0 Å². The molecular formula is C9H13N3O2. The average Bonchev–Trinajstić information content (AvgIpc) is 2.48. The third-order valence-corrected chi connectivity index (χ3v) is 2.52. The molecular weight excluding hydrogens is 182 g/mol. The number of hydrogen-bond acceptors (Lipinski definition) is 3. The molecule has 2 heterocycles. The zero-order valence-electron chi connectivity index (χ0n) is 8.03. The summed E-state index contributed by atoms with van der Waals surface area (Å²) in [5.41, 5.74) is 2.04. The van der Waals surface area contributed by atoms with E-state index in [1.54, 1.807) is 6.33 Å². The maximum Gasteiger partial charge on any atom is 0.305 e. The number of nitrogens with one attached hydrogen (secondary N) is 1. The predicted molar refractivity (Wildman–Crippen MR) is 49.9 cm³/mol. The Hall–Kier alpha value is -1.36. The first kappa shape index (κ1) is 9.21. The molecule has 0 spiro atoms. The van der Waals surface area contributed by atoms with Gasteiger partial charge in [0.05, 0.1) is 30.2 Å². The number of hydrogen-bond donors (Lipinski definition) is 2. The minimum Gasteiger partial charge on any atom is -0.481 e. The van der Waals surface area contributed by atoms with Crippen LogP contribution in [0.4, 0.5) is 0 Å². The SMILES string of the molecule is Cn1cnc2c1C(CC(=O)O)NCC2. The van der Waals surface area contributed by atoms with E-state index in [2.05, 4.69) is 10.3 Å². The molecule has 1 aliphatic heterocycles. The zero-order chi connectivity index (χ0) is 10.1. The first-order valence-corrected chi connectivity index (χ1v) is 4.63. The van der Waals surface area contributed by atoms with Gasteiger partial charge in [-0.05, 0) is 0 Å². The maximum atomic E-state index is 10.6. The Labute approximate surface area is 81.8 Å². The summed E-state index contributed by atoms with van der Waals surface area (Å²) in [5, 5.41) is 11.9. The van der Waals surface area contributed by atoms with Gasteiger partial charge < -0.3 is 15.0 Å². The van der Waals surface area contributed by atoms with Crippen LogP contribution in [-0.4, -0.2) is 27.2 Å². The average molecular weight is 195 g/mol. The van der Waals surface area contributed by atoms with Crippen LogP contribution in [0, 0.1) is 0 Å². The van der Waals surface area contributed by atoms with E-state index in [0.717, 1.165) is 24.4 Å². The Morgan fingerprint density at radius 2 is 2.64 bits per heavy atom. The second kappa shape index (κ2) is 3.42. The zero-order valence-corrected chi connectivity index (χ0v) is 8.03. The van der Waals surface area contributed by atoms with Gasteiger partial charge >= 0.3 is 5.97 Å². The van der Waals surface area contributed by atoms with E-state index >= 15 is 0 Å². The van der Waals surface area contributed by atoms with Crippen molar-refractivity contribution < 1.29 is 9.90 Å². The maximum absolute atomic E-state index is 10.6. The van der Waals surface area contributed by atoms with Gasteiger partial charge in [0, 0.05) is 20.0 Å². The van der Waals surface area contributed by atoms with Gasteiger partial charge in [-0.15, -0.1) is 0 Å². The molecule has 1 atom stereocenters. The Bertz CT molecular complexity index is 359. The number of carboxylic acids is 1. The van der Waals surface area contributed by atoms with Crippen LogP contribution in [0.3, 0.4) is 0 Å². The van der Waals surface area contributed by atoms with Gasteiger partial charge in [0.1, 0.15) is 0 Å². The fraction of sp³-hybridized carbons (Fsp3) is 0.556. The molecule has 5 heteroatoms. The molecule has 0 aromatic carbocycles. The van der Waals surface area contributed by atoms with Crippen molar-refractivity contribution in [2.24, 2.45) is 7.05 Å². The highest BCUT2D eigenvalue weighted by atomic mass is 16.4. The van der Waals surface area contributed by atoms with Crippen molar-refractivity contribution in [1.29, 1.82) is 0 Å². The number of aryl methyl sites for hydroxylation is 1. The number of rotatable bonds is 2. The van der Waals surface area contributed by atoms with Crippen molar-refractivity contribution >= 4 is 5.97 Å². The molecule has 0 saturated heterocycles. The molecule has 1 aromatic rings. The van der Waals surface area contributed by atoms with E-state index in [1.807, 2.05) is 11.6 Å². The van der Waals surface area contributed by atoms with Crippen molar-refractivity contribution in [3.05, 3.63) is 17.7 Å². The van der Waals surface area contributed by atoms with Gasteiger partial charge in [-0.25, -0.2) is 4.98 Å². The summed E-state index contributed by atoms with van der Waals surface area (Å²) in [4.78, 5) is 14.9. The molecule has 0 saturated carbocycles.